The number of allylic oxidation sites excluding steroid dienone is 1. The van der Waals surface area contributed by atoms with Crippen LogP contribution in [0.25, 0.3) is 0 Å². The summed E-state index contributed by atoms with van der Waals surface area (Å²) in [4.78, 5) is 27.0. The lowest BCUT2D eigenvalue weighted by Crippen LogP contribution is -2.43. The van der Waals surface area contributed by atoms with Crippen molar-refractivity contribution in [1.82, 2.24) is 4.90 Å². The van der Waals surface area contributed by atoms with Crippen LogP contribution in [0.1, 0.15) is 59.3 Å². The maximum atomic E-state index is 12.7. The Hall–Kier alpha value is -1.36. The van der Waals surface area contributed by atoms with Crippen molar-refractivity contribution in [3.8, 4) is 0 Å². The largest absolute Gasteiger partial charge is 0.466 e. The van der Waals surface area contributed by atoms with Crippen molar-refractivity contribution < 1.29 is 19.1 Å². The Morgan fingerprint density at radius 2 is 2.07 bits per heavy atom. The fourth-order valence-corrected chi connectivity index (χ4v) is 6.15. The maximum Gasteiger partial charge on any atom is 0.311 e. The minimum Gasteiger partial charge on any atom is -0.466 e. The molecular weight excluding hydrogens is 354 g/mol. The van der Waals surface area contributed by atoms with Crippen molar-refractivity contribution in [2.75, 3.05) is 26.2 Å². The first-order chi connectivity index (χ1) is 13.4. The van der Waals surface area contributed by atoms with E-state index < -0.39 is 0 Å². The second-order valence-electron chi connectivity index (χ2n) is 9.67. The van der Waals surface area contributed by atoms with E-state index in [9.17, 15) is 9.59 Å². The van der Waals surface area contributed by atoms with Crippen LogP contribution in [0.2, 0.25) is 0 Å². The van der Waals surface area contributed by atoms with Crippen LogP contribution in [-0.4, -0.2) is 49.2 Å². The molecular formula is C23H35NO4. The van der Waals surface area contributed by atoms with E-state index in [4.69, 9.17) is 9.47 Å². The molecule has 0 spiro atoms. The SMILES string of the molecule is CCOC(=O)C1CCN(C[C@@H]2C(=O)O[C@@H]3C[C@@]4(C)CCC[C@H](C)C4=C[C@H]23)CC1. The number of piperidine rings is 1. The fourth-order valence-electron chi connectivity index (χ4n) is 6.15. The smallest absolute Gasteiger partial charge is 0.311 e. The Balaban J connectivity index is 1.42. The zero-order valence-electron chi connectivity index (χ0n) is 17.6. The molecule has 2 saturated heterocycles. The Morgan fingerprint density at radius 3 is 2.79 bits per heavy atom. The summed E-state index contributed by atoms with van der Waals surface area (Å²) in [6, 6.07) is 0. The van der Waals surface area contributed by atoms with Crippen molar-refractivity contribution in [3.05, 3.63) is 11.6 Å². The van der Waals surface area contributed by atoms with Gasteiger partial charge in [0, 0.05) is 12.5 Å². The van der Waals surface area contributed by atoms with Crippen LogP contribution < -0.4 is 0 Å². The Bertz CT molecular complexity index is 651. The highest BCUT2D eigenvalue weighted by Crippen LogP contribution is 2.54. The van der Waals surface area contributed by atoms with Crippen LogP contribution in [-0.2, 0) is 19.1 Å². The first kappa shape index (κ1) is 19.9. The molecule has 0 amide bonds. The fraction of sp³-hybridized carbons (Fsp3) is 0.826. The summed E-state index contributed by atoms with van der Waals surface area (Å²) in [6.45, 7) is 9.48. The molecule has 0 radical (unpaired) electrons. The Labute approximate surface area is 168 Å². The third-order valence-electron chi connectivity index (χ3n) is 7.74. The van der Waals surface area contributed by atoms with E-state index in [1.807, 2.05) is 6.92 Å². The number of nitrogens with zero attached hydrogens (tertiary/aromatic N) is 1. The molecule has 2 aliphatic heterocycles. The highest BCUT2D eigenvalue weighted by atomic mass is 16.6. The monoisotopic (exact) mass is 389 g/mol. The third-order valence-corrected chi connectivity index (χ3v) is 7.74. The summed E-state index contributed by atoms with van der Waals surface area (Å²) in [7, 11) is 0. The highest BCUT2D eigenvalue weighted by Gasteiger charge is 2.52. The van der Waals surface area contributed by atoms with Gasteiger partial charge in [0.15, 0.2) is 0 Å². The van der Waals surface area contributed by atoms with E-state index in [0.29, 0.717) is 12.5 Å². The quantitative estimate of drug-likeness (QED) is 0.543. The van der Waals surface area contributed by atoms with Crippen molar-refractivity contribution in [1.29, 1.82) is 0 Å². The van der Waals surface area contributed by atoms with Crippen molar-refractivity contribution in [2.45, 2.75) is 65.4 Å². The van der Waals surface area contributed by atoms with Gasteiger partial charge in [0.2, 0.25) is 0 Å². The Kier molecular flexibility index (Phi) is 5.56. The van der Waals surface area contributed by atoms with Gasteiger partial charge in [0.05, 0.1) is 18.4 Å². The molecule has 5 heteroatoms. The molecule has 0 aromatic carbocycles. The van der Waals surface area contributed by atoms with Gasteiger partial charge in [-0.1, -0.05) is 31.9 Å². The molecule has 2 heterocycles. The lowest BCUT2D eigenvalue weighted by atomic mass is 9.59. The number of rotatable bonds is 4. The second kappa shape index (κ2) is 7.81. The molecule has 0 aromatic heterocycles. The molecule has 0 unspecified atom stereocenters. The summed E-state index contributed by atoms with van der Waals surface area (Å²) in [6.07, 6.45) is 8.87. The lowest BCUT2D eigenvalue weighted by molar-refractivity contribution is -0.150. The van der Waals surface area contributed by atoms with Gasteiger partial charge in [-0.2, -0.15) is 0 Å². The van der Waals surface area contributed by atoms with Gasteiger partial charge in [0.1, 0.15) is 6.10 Å². The summed E-state index contributed by atoms with van der Waals surface area (Å²) < 4.78 is 11.0. The average molecular weight is 390 g/mol. The summed E-state index contributed by atoms with van der Waals surface area (Å²) in [5, 5.41) is 0. The molecule has 3 fully saturated rings. The van der Waals surface area contributed by atoms with Gasteiger partial charge >= 0.3 is 11.9 Å². The van der Waals surface area contributed by atoms with Gasteiger partial charge in [-0.05, 0) is 63.5 Å². The maximum absolute atomic E-state index is 12.7. The molecule has 2 aliphatic carbocycles. The van der Waals surface area contributed by atoms with Gasteiger partial charge in [-0.25, -0.2) is 0 Å². The zero-order chi connectivity index (χ0) is 19.9. The minimum absolute atomic E-state index is 0.0140. The van der Waals surface area contributed by atoms with Crippen LogP contribution in [0.3, 0.4) is 0 Å². The van der Waals surface area contributed by atoms with Crippen molar-refractivity contribution in [2.24, 2.45) is 29.1 Å². The summed E-state index contributed by atoms with van der Waals surface area (Å²) in [5.41, 5.74) is 1.79. The molecule has 1 saturated carbocycles. The zero-order valence-corrected chi connectivity index (χ0v) is 17.6. The van der Waals surface area contributed by atoms with E-state index in [1.165, 1.54) is 19.3 Å². The number of carbonyl (C=O) groups excluding carboxylic acids is 2. The van der Waals surface area contributed by atoms with Gasteiger partial charge in [0.25, 0.3) is 0 Å². The normalized spacial score (nSPS) is 39.0. The van der Waals surface area contributed by atoms with Gasteiger partial charge in [-0.3, -0.25) is 9.59 Å². The second-order valence-corrected chi connectivity index (χ2v) is 9.67. The van der Waals surface area contributed by atoms with Crippen LogP contribution in [0.4, 0.5) is 0 Å². The minimum atomic E-state index is -0.0647. The van der Waals surface area contributed by atoms with Gasteiger partial charge < -0.3 is 14.4 Å². The summed E-state index contributed by atoms with van der Waals surface area (Å²) in [5.74, 6) is 0.713. The third kappa shape index (κ3) is 3.62. The molecule has 156 valence electrons. The molecule has 4 rings (SSSR count). The number of ether oxygens (including phenoxy) is 2. The highest BCUT2D eigenvalue weighted by molar-refractivity contribution is 5.76. The predicted molar refractivity (Wildman–Crippen MR) is 106 cm³/mol. The molecule has 0 N–H and O–H groups in total. The molecule has 5 nitrogen and oxygen atoms in total. The van der Waals surface area contributed by atoms with E-state index in [-0.39, 0.29) is 41.2 Å². The van der Waals surface area contributed by atoms with Crippen LogP contribution in [0.5, 0.6) is 0 Å². The molecule has 5 atom stereocenters. The molecule has 0 aromatic rings. The standard InChI is InChI=1S/C23H35NO4/c1-4-27-21(25)16-7-10-24(11-8-16)14-18-17-12-19-15(2)6-5-9-23(19,3)13-20(17)28-22(18)26/h12,15-18,20H,4-11,13-14H2,1-3H3/t15-,17+,18-,20+,23+/m0/s1. The molecule has 0 bridgehead atoms. The van der Waals surface area contributed by atoms with E-state index in [2.05, 4.69) is 24.8 Å². The number of hydrogen-bond donors (Lipinski definition) is 0. The molecule has 4 aliphatic rings. The Morgan fingerprint density at radius 1 is 1.32 bits per heavy atom. The number of hydrogen-bond acceptors (Lipinski definition) is 5. The average Bonchev–Trinajstić information content (AvgIpc) is 2.95. The van der Waals surface area contributed by atoms with E-state index >= 15 is 0 Å². The first-order valence-corrected chi connectivity index (χ1v) is 11.2. The van der Waals surface area contributed by atoms with E-state index in [1.54, 1.807) is 5.57 Å². The number of esters is 2. The number of carbonyl (C=O) groups is 2. The van der Waals surface area contributed by atoms with E-state index in [0.717, 1.165) is 38.9 Å². The summed E-state index contributed by atoms with van der Waals surface area (Å²) >= 11 is 0. The topological polar surface area (TPSA) is 55.8 Å². The molecule has 28 heavy (non-hydrogen) atoms. The van der Waals surface area contributed by atoms with Gasteiger partial charge in [-0.15, -0.1) is 0 Å². The van der Waals surface area contributed by atoms with Crippen LogP contribution >= 0.6 is 0 Å². The predicted octanol–water partition coefficient (Wildman–Crippen LogP) is 3.58. The van der Waals surface area contributed by atoms with Crippen LogP contribution in [0, 0.1) is 29.1 Å². The van der Waals surface area contributed by atoms with Crippen molar-refractivity contribution >= 4 is 11.9 Å². The van der Waals surface area contributed by atoms with Crippen LogP contribution in [0.15, 0.2) is 11.6 Å². The number of likely N-dealkylation sites (tertiary alicyclic amines) is 1. The lowest BCUT2D eigenvalue weighted by Gasteiger charge is -2.46. The first-order valence-electron chi connectivity index (χ1n) is 11.2. The number of fused-ring (bicyclic) bond motifs is 2. The van der Waals surface area contributed by atoms with Crippen molar-refractivity contribution in [3.63, 3.8) is 0 Å².